The number of anilines is 1. The molecule has 1 N–H and O–H groups in total. The Morgan fingerprint density at radius 2 is 1.81 bits per heavy atom. The molecule has 0 saturated carbocycles. The van der Waals surface area contributed by atoms with Crippen LogP contribution in [-0.2, 0) is 14.8 Å². The van der Waals surface area contributed by atoms with E-state index in [4.69, 9.17) is 0 Å². The van der Waals surface area contributed by atoms with E-state index < -0.39 is 10.0 Å². The van der Waals surface area contributed by atoms with E-state index in [1.807, 2.05) is 12.3 Å². The van der Waals surface area contributed by atoms with Gasteiger partial charge < -0.3 is 10.2 Å². The Morgan fingerprint density at radius 3 is 2.47 bits per heavy atom. The summed E-state index contributed by atoms with van der Waals surface area (Å²) in [4.78, 5) is 31.7. The van der Waals surface area contributed by atoms with Crippen LogP contribution in [0.15, 0.2) is 34.5 Å². The van der Waals surface area contributed by atoms with Gasteiger partial charge in [-0.25, -0.2) is 13.4 Å². The Kier molecular flexibility index (Phi) is 6.92. The lowest BCUT2D eigenvalue weighted by molar-refractivity contribution is -0.121. The number of carbonyl (C=O) groups excluding carboxylic acids is 2. The fraction of sp³-hybridized carbons (Fsp3) is 0.500. The van der Waals surface area contributed by atoms with Crippen LogP contribution in [0.4, 0.5) is 5.13 Å². The van der Waals surface area contributed by atoms with Crippen molar-refractivity contribution in [3.8, 4) is 0 Å². The molecule has 2 aliphatic heterocycles. The van der Waals surface area contributed by atoms with Crippen molar-refractivity contribution in [1.29, 1.82) is 0 Å². The molecule has 0 spiro atoms. The molecule has 0 unspecified atom stereocenters. The van der Waals surface area contributed by atoms with Crippen molar-refractivity contribution in [1.82, 2.24) is 14.2 Å². The molecule has 2 aromatic rings. The van der Waals surface area contributed by atoms with Gasteiger partial charge in [0.05, 0.1) is 10.6 Å². The Bertz CT molecular complexity index is 1080. The fourth-order valence-electron chi connectivity index (χ4n) is 4.19. The summed E-state index contributed by atoms with van der Waals surface area (Å²) in [5.41, 5.74) is 1.24. The van der Waals surface area contributed by atoms with Gasteiger partial charge in [0, 0.05) is 43.0 Å². The molecule has 0 radical (unpaired) electrons. The lowest BCUT2D eigenvalue weighted by Gasteiger charge is -2.31. The van der Waals surface area contributed by atoms with Crippen molar-refractivity contribution in [2.24, 2.45) is 5.92 Å². The average molecular weight is 477 g/mol. The molecule has 1 aromatic heterocycles. The number of thiazole rings is 1. The molecule has 10 heteroatoms. The van der Waals surface area contributed by atoms with Gasteiger partial charge in [-0.3, -0.25) is 9.59 Å². The van der Waals surface area contributed by atoms with Crippen LogP contribution in [-0.4, -0.2) is 60.6 Å². The Morgan fingerprint density at radius 1 is 1.09 bits per heavy atom. The van der Waals surface area contributed by atoms with E-state index in [1.165, 1.54) is 21.7 Å². The number of aromatic nitrogens is 1. The van der Waals surface area contributed by atoms with Gasteiger partial charge in [-0.2, -0.15) is 4.31 Å². The van der Waals surface area contributed by atoms with Crippen LogP contribution in [0.25, 0.3) is 0 Å². The Labute approximate surface area is 192 Å². The van der Waals surface area contributed by atoms with Gasteiger partial charge in [-0.05, 0) is 50.8 Å². The summed E-state index contributed by atoms with van der Waals surface area (Å²) in [6.45, 7) is 3.84. The van der Waals surface area contributed by atoms with E-state index in [0.717, 1.165) is 25.0 Å². The van der Waals surface area contributed by atoms with Gasteiger partial charge in [-0.15, -0.1) is 11.3 Å². The number of piperidine rings is 2. The Hall–Kier alpha value is -2.30. The zero-order valence-corrected chi connectivity index (χ0v) is 19.8. The SMILES string of the molecule is Cc1csc(NC(=O)C2CCN(C(=O)c3cccc(S(=O)(=O)N4CCCCC4)c3)CC2)n1. The van der Waals surface area contributed by atoms with Crippen LogP contribution < -0.4 is 5.32 Å². The van der Waals surface area contributed by atoms with E-state index in [-0.39, 0.29) is 22.6 Å². The van der Waals surface area contributed by atoms with Crippen molar-refractivity contribution in [3.05, 3.63) is 40.9 Å². The van der Waals surface area contributed by atoms with Gasteiger partial charge in [0.2, 0.25) is 15.9 Å². The van der Waals surface area contributed by atoms with Gasteiger partial charge in [0.15, 0.2) is 5.13 Å². The highest BCUT2D eigenvalue weighted by molar-refractivity contribution is 7.89. The summed E-state index contributed by atoms with van der Waals surface area (Å²) in [5.74, 6) is -0.440. The molecule has 4 rings (SSSR count). The highest BCUT2D eigenvalue weighted by atomic mass is 32.2. The molecule has 1 aromatic carbocycles. The molecular weight excluding hydrogens is 448 g/mol. The summed E-state index contributed by atoms with van der Waals surface area (Å²) in [6, 6.07) is 6.31. The van der Waals surface area contributed by atoms with Crippen molar-refractivity contribution >= 4 is 38.3 Å². The van der Waals surface area contributed by atoms with Gasteiger partial charge in [0.1, 0.15) is 0 Å². The first-order chi connectivity index (χ1) is 15.3. The Balaban J connectivity index is 1.38. The van der Waals surface area contributed by atoms with Crippen molar-refractivity contribution < 1.29 is 18.0 Å². The summed E-state index contributed by atoms with van der Waals surface area (Å²) in [7, 11) is -3.59. The lowest BCUT2D eigenvalue weighted by Crippen LogP contribution is -2.41. The number of amides is 2. The highest BCUT2D eigenvalue weighted by Crippen LogP contribution is 2.25. The maximum Gasteiger partial charge on any atom is 0.253 e. The van der Waals surface area contributed by atoms with E-state index in [2.05, 4.69) is 10.3 Å². The highest BCUT2D eigenvalue weighted by Gasteiger charge is 2.30. The summed E-state index contributed by atoms with van der Waals surface area (Å²) < 4.78 is 27.4. The number of sulfonamides is 1. The molecule has 3 heterocycles. The molecule has 8 nitrogen and oxygen atoms in total. The molecule has 32 heavy (non-hydrogen) atoms. The monoisotopic (exact) mass is 476 g/mol. The van der Waals surface area contributed by atoms with Crippen molar-refractivity contribution in [2.75, 3.05) is 31.5 Å². The first-order valence-corrected chi connectivity index (χ1v) is 13.3. The number of aryl methyl sites for hydroxylation is 1. The topological polar surface area (TPSA) is 99.7 Å². The number of nitrogens with zero attached hydrogens (tertiary/aromatic N) is 3. The number of likely N-dealkylation sites (tertiary alicyclic amines) is 1. The quantitative estimate of drug-likeness (QED) is 0.715. The van der Waals surface area contributed by atoms with E-state index in [0.29, 0.717) is 49.7 Å². The molecule has 2 saturated heterocycles. The number of carbonyl (C=O) groups is 2. The van der Waals surface area contributed by atoms with Crippen molar-refractivity contribution in [2.45, 2.75) is 43.9 Å². The van der Waals surface area contributed by atoms with Crippen LogP contribution in [0.5, 0.6) is 0 Å². The minimum Gasteiger partial charge on any atom is -0.339 e. The van der Waals surface area contributed by atoms with Crippen LogP contribution in [0.1, 0.15) is 48.2 Å². The maximum atomic E-state index is 13.0. The molecule has 0 atom stereocenters. The molecule has 2 fully saturated rings. The van der Waals surface area contributed by atoms with Gasteiger partial charge in [-0.1, -0.05) is 12.5 Å². The number of nitrogens with one attached hydrogen (secondary N) is 1. The molecule has 0 bridgehead atoms. The fourth-order valence-corrected chi connectivity index (χ4v) is 6.44. The standard InChI is InChI=1S/C22H28N4O4S2/c1-16-15-31-22(23-16)24-20(27)17-8-12-25(13-9-17)21(28)18-6-5-7-19(14-18)32(29,30)26-10-3-2-4-11-26/h5-7,14-15,17H,2-4,8-13H2,1H3,(H,23,24,27). The van der Waals surface area contributed by atoms with Crippen molar-refractivity contribution in [3.63, 3.8) is 0 Å². The van der Waals surface area contributed by atoms with E-state index in [9.17, 15) is 18.0 Å². The number of hydrogen-bond acceptors (Lipinski definition) is 6. The summed E-state index contributed by atoms with van der Waals surface area (Å²) in [5, 5.41) is 5.34. The maximum absolute atomic E-state index is 13.0. The van der Waals surface area contributed by atoms with Crippen LogP contribution in [0, 0.1) is 12.8 Å². The normalized spacial score (nSPS) is 18.5. The summed E-state index contributed by atoms with van der Waals surface area (Å²) >= 11 is 1.40. The van der Waals surface area contributed by atoms with Gasteiger partial charge >= 0.3 is 0 Å². The molecule has 172 valence electrons. The zero-order chi connectivity index (χ0) is 22.7. The van der Waals surface area contributed by atoms with E-state index in [1.54, 1.807) is 23.1 Å². The number of rotatable bonds is 5. The third-order valence-corrected chi connectivity index (χ3v) is 8.81. The third kappa shape index (κ3) is 5.02. The average Bonchev–Trinajstić information content (AvgIpc) is 3.23. The first kappa shape index (κ1) is 22.9. The first-order valence-electron chi connectivity index (χ1n) is 11.0. The van der Waals surface area contributed by atoms with Crippen LogP contribution >= 0.6 is 11.3 Å². The second-order valence-corrected chi connectivity index (χ2v) is 11.1. The van der Waals surface area contributed by atoms with Gasteiger partial charge in [0.25, 0.3) is 5.91 Å². The molecule has 2 aliphatic rings. The second-order valence-electron chi connectivity index (χ2n) is 8.34. The molecule has 0 aliphatic carbocycles. The summed E-state index contributed by atoms with van der Waals surface area (Å²) in [6.07, 6.45) is 3.90. The number of benzene rings is 1. The largest absolute Gasteiger partial charge is 0.339 e. The molecule has 2 amide bonds. The minimum absolute atomic E-state index is 0.0685. The molecular formula is C22H28N4O4S2. The predicted molar refractivity (Wildman–Crippen MR) is 123 cm³/mol. The second kappa shape index (κ2) is 9.68. The zero-order valence-electron chi connectivity index (χ0n) is 18.1. The smallest absolute Gasteiger partial charge is 0.253 e. The minimum atomic E-state index is -3.59. The van der Waals surface area contributed by atoms with E-state index >= 15 is 0 Å². The number of hydrogen-bond donors (Lipinski definition) is 1. The predicted octanol–water partition coefficient (Wildman–Crippen LogP) is 3.12. The van der Waals surface area contributed by atoms with Crippen LogP contribution in [0.3, 0.4) is 0 Å². The third-order valence-electron chi connectivity index (χ3n) is 6.04. The lowest BCUT2D eigenvalue weighted by atomic mass is 9.95. The van der Waals surface area contributed by atoms with Crippen LogP contribution in [0.2, 0.25) is 0 Å².